The van der Waals surface area contributed by atoms with Crippen molar-refractivity contribution in [1.29, 1.82) is 0 Å². The summed E-state index contributed by atoms with van der Waals surface area (Å²) in [6.07, 6.45) is 4.50. The Morgan fingerprint density at radius 3 is 2.23 bits per heavy atom. The van der Waals surface area contributed by atoms with Gasteiger partial charge < -0.3 is 15.9 Å². The van der Waals surface area contributed by atoms with E-state index in [0.29, 0.717) is 0 Å². The lowest BCUT2D eigenvalue weighted by Crippen LogP contribution is -1.94. The topological polar surface area (TPSA) is 79.4 Å². The summed E-state index contributed by atoms with van der Waals surface area (Å²) in [5.41, 5.74) is 9.27. The predicted octanol–water partition coefficient (Wildman–Crippen LogP) is 3.82. The molecular formula is C18H28N2O2. The number of nitrogens with zero attached hydrogens (tertiary/aromatic N) is 1. The fourth-order valence-electron chi connectivity index (χ4n) is 2.52. The van der Waals surface area contributed by atoms with Gasteiger partial charge in [-0.1, -0.05) is 27.2 Å². The normalized spacial score (nSPS) is 12.0. The number of benzene rings is 1. The Morgan fingerprint density at radius 2 is 1.64 bits per heavy atom. The standard InChI is InChI=1S/C13H13NO2.C3H8.C2H7N/c1-7-8-3-2-4-10(8)14-11-6-13(16)12(15)5-9(7)11;1-3-2;1-2-3/h5-6,15-16H,2-4H2,1H3;3H2,1-2H3;2-3H2,1H3. The van der Waals surface area contributed by atoms with Crippen LogP contribution >= 0.6 is 0 Å². The number of aromatic nitrogens is 1. The van der Waals surface area contributed by atoms with E-state index < -0.39 is 0 Å². The molecule has 1 aromatic heterocycles. The largest absolute Gasteiger partial charge is 0.504 e. The van der Waals surface area contributed by atoms with Gasteiger partial charge in [0.2, 0.25) is 0 Å². The second kappa shape index (κ2) is 8.59. The number of hydrogen-bond donors (Lipinski definition) is 3. The van der Waals surface area contributed by atoms with Crippen molar-refractivity contribution in [3.8, 4) is 11.5 Å². The number of fused-ring (bicyclic) bond motifs is 2. The average molecular weight is 304 g/mol. The molecule has 0 spiro atoms. The van der Waals surface area contributed by atoms with Crippen LogP contribution in [0.3, 0.4) is 0 Å². The van der Waals surface area contributed by atoms with Crippen LogP contribution in [0.1, 0.15) is 50.4 Å². The van der Waals surface area contributed by atoms with Gasteiger partial charge in [0, 0.05) is 17.1 Å². The van der Waals surface area contributed by atoms with Gasteiger partial charge in [-0.15, -0.1) is 0 Å². The average Bonchev–Trinajstić information content (AvgIpc) is 2.92. The molecule has 0 atom stereocenters. The van der Waals surface area contributed by atoms with Gasteiger partial charge >= 0.3 is 0 Å². The van der Waals surface area contributed by atoms with E-state index in [1.807, 2.05) is 6.92 Å². The summed E-state index contributed by atoms with van der Waals surface area (Å²) in [5, 5.41) is 19.9. The van der Waals surface area contributed by atoms with Crippen LogP contribution in [0.2, 0.25) is 0 Å². The predicted molar refractivity (Wildman–Crippen MR) is 92.5 cm³/mol. The molecule has 0 saturated carbocycles. The zero-order valence-corrected chi connectivity index (χ0v) is 14.1. The van der Waals surface area contributed by atoms with E-state index in [1.54, 1.807) is 6.07 Å². The molecular weight excluding hydrogens is 276 g/mol. The van der Waals surface area contributed by atoms with Crippen molar-refractivity contribution in [2.24, 2.45) is 5.73 Å². The molecule has 0 aliphatic heterocycles. The third kappa shape index (κ3) is 4.10. The third-order valence-corrected chi connectivity index (χ3v) is 3.39. The van der Waals surface area contributed by atoms with Crippen molar-refractivity contribution in [1.82, 2.24) is 4.98 Å². The Hall–Kier alpha value is -1.81. The number of phenols is 2. The Labute approximate surface area is 133 Å². The maximum atomic E-state index is 9.51. The number of rotatable bonds is 0. The molecule has 0 bridgehead atoms. The first-order chi connectivity index (χ1) is 10.5. The molecule has 1 heterocycles. The Morgan fingerprint density at radius 1 is 1.09 bits per heavy atom. The third-order valence-electron chi connectivity index (χ3n) is 3.39. The van der Waals surface area contributed by atoms with Crippen LogP contribution in [0.4, 0.5) is 0 Å². The molecule has 4 nitrogen and oxygen atoms in total. The van der Waals surface area contributed by atoms with E-state index in [1.165, 1.54) is 23.6 Å². The highest BCUT2D eigenvalue weighted by atomic mass is 16.3. The van der Waals surface area contributed by atoms with Crippen LogP contribution in [-0.4, -0.2) is 21.7 Å². The van der Waals surface area contributed by atoms with Crippen LogP contribution in [0.25, 0.3) is 10.9 Å². The number of aromatic hydroxyl groups is 2. The fourth-order valence-corrected chi connectivity index (χ4v) is 2.52. The summed E-state index contributed by atoms with van der Waals surface area (Å²) >= 11 is 0. The van der Waals surface area contributed by atoms with Gasteiger partial charge in [-0.25, -0.2) is 0 Å². The lowest BCUT2D eigenvalue weighted by molar-refractivity contribution is 0.405. The van der Waals surface area contributed by atoms with Crippen molar-refractivity contribution in [2.45, 2.75) is 53.4 Å². The number of aryl methyl sites for hydroxylation is 2. The van der Waals surface area contributed by atoms with Crippen molar-refractivity contribution in [3.63, 3.8) is 0 Å². The van der Waals surface area contributed by atoms with Crippen LogP contribution in [0.5, 0.6) is 11.5 Å². The minimum absolute atomic E-state index is 0.0738. The maximum absolute atomic E-state index is 9.51. The first-order valence-electron chi connectivity index (χ1n) is 8.04. The van der Waals surface area contributed by atoms with E-state index in [9.17, 15) is 10.2 Å². The summed E-state index contributed by atoms with van der Waals surface area (Å²) in [5.74, 6) is -0.173. The van der Waals surface area contributed by atoms with Gasteiger partial charge in [0.15, 0.2) is 11.5 Å². The second-order valence-corrected chi connectivity index (χ2v) is 5.49. The molecule has 22 heavy (non-hydrogen) atoms. The number of pyridine rings is 1. The molecule has 1 aliphatic rings. The lowest BCUT2D eigenvalue weighted by Gasteiger charge is -2.09. The van der Waals surface area contributed by atoms with Gasteiger partial charge in [0.1, 0.15) is 0 Å². The molecule has 3 rings (SSSR count). The molecule has 4 heteroatoms. The molecule has 1 aliphatic carbocycles. The summed E-state index contributed by atoms with van der Waals surface area (Å²) in [4.78, 5) is 4.55. The summed E-state index contributed by atoms with van der Waals surface area (Å²) in [7, 11) is 0. The van der Waals surface area contributed by atoms with Crippen LogP contribution in [0.15, 0.2) is 12.1 Å². The molecule has 2 aromatic rings. The molecule has 0 unspecified atom stereocenters. The zero-order valence-electron chi connectivity index (χ0n) is 14.1. The quantitative estimate of drug-likeness (QED) is 0.646. The molecule has 0 amide bonds. The van der Waals surface area contributed by atoms with Crippen LogP contribution in [-0.2, 0) is 12.8 Å². The Bertz CT molecular complexity index is 622. The minimum Gasteiger partial charge on any atom is -0.504 e. The van der Waals surface area contributed by atoms with E-state index in [4.69, 9.17) is 5.73 Å². The van der Waals surface area contributed by atoms with Crippen LogP contribution in [0, 0.1) is 6.92 Å². The summed E-state index contributed by atoms with van der Waals surface area (Å²) in [6, 6.07) is 3.14. The van der Waals surface area contributed by atoms with E-state index >= 15 is 0 Å². The smallest absolute Gasteiger partial charge is 0.159 e. The van der Waals surface area contributed by atoms with Gasteiger partial charge in [-0.05, 0) is 49.9 Å². The van der Waals surface area contributed by atoms with Gasteiger partial charge in [-0.3, -0.25) is 4.98 Å². The van der Waals surface area contributed by atoms with E-state index in [-0.39, 0.29) is 11.5 Å². The van der Waals surface area contributed by atoms with Gasteiger partial charge in [-0.2, -0.15) is 0 Å². The first-order valence-corrected chi connectivity index (χ1v) is 8.04. The van der Waals surface area contributed by atoms with Gasteiger partial charge in [0.05, 0.1) is 5.52 Å². The molecule has 0 saturated heterocycles. The SMILES string of the molecule is CCC.CCN.Cc1c2c(nc3cc(O)c(O)cc13)CCC2. The van der Waals surface area contributed by atoms with Gasteiger partial charge in [0.25, 0.3) is 0 Å². The van der Waals surface area contributed by atoms with E-state index in [0.717, 1.165) is 42.4 Å². The second-order valence-electron chi connectivity index (χ2n) is 5.49. The number of hydrogen-bond acceptors (Lipinski definition) is 4. The van der Waals surface area contributed by atoms with Crippen LogP contribution < -0.4 is 5.73 Å². The summed E-state index contributed by atoms with van der Waals surface area (Å²) in [6.45, 7) is 8.96. The molecule has 4 N–H and O–H groups in total. The molecule has 0 radical (unpaired) electrons. The van der Waals surface area contributed by atoms with Crippen molar-refractivity contribution < 1.29 is 10.2 Å². The highest BCUT2D eigenvalue weighted by molar-refractivity contribution is 5.86. The van der Waals surface area contributed by atoms with E-state index in [2.05, 4.69) is 25.8 Å². The van der Waals surface area contributed by atoms with Crippen molar-refractivity contribution in [3.05, 3.63) is 29.0 Å². The molecule has 0 fully saturated rings. The zero-order chi connectivity index (χ0) is 16.7. The number of nitrogens with two attached hydrogens (primary N) is 1. The summed E-state index contributed by atoms with van der Waals surface area (Å²) < 4.78 is 0. The highest BCUT2D eigenvalue weighted by Gasteiger charge is 2.18. The molecule has 122 valence electrons. The highest BCUT2D eigenvalue weighted by Crippen LogP contribution is 2.35. The molecule has 1 aromatic carbocycles. The fraction of sp³-hybridized carbons (Fsp3) is 0.500. The Kier molecular flexibility index (Phi) is 7.12. The van der Waals surface area contributed by atoms with Crippen molar-refractivity contribution >= 4 is 10.9 Å². The Balaban J connectivity index is 0.000000353. The minimum atomic E-state index is -0.0997. The maximum Gasteiger partial charge on any atom is 0.159 e. The first kappa shape index (κ1) is 18.2. The lowest BCUT2D eigenvalue weighted by atomic mass is 10.0. The number of phenolic OH excluding ortho intramolecular Hbond substituents is 2. The monoisotopic (exact) mass is 304 g/mol. The van der Waals surface area contributed by atoms with Crippen molar-refractivity contribution in [2.75, 3.05) is 6.54 Å².